The lowest BCUT2D eigenvalue weighted by molar-refractivity contribution is 0.562. The molecule has 1 saturated heterocycles. The van der Waals surface area contributed by atoms with Gasteiger partial charge in [-0.15, -0.1) is 0 Å². The number of anilines is 1. The summed E-state index contributed by atoms with van der Waals surface area (Å²) in [5.74, 6) is 0.548. The van der Waals surface area contributed by atoms with Crippen molar-refractivity contribution in [2.24, 2.45) is 5.92 Å². The van der Waals surface area contributed by atoms with Crippen LogP contribution in [0.2, 0.25) is 0 Å². The number of nitrogens with one attached hydrogen (secondary N) is 1. The molecule has 29 heavy (non-hydrogen) atoms. The van der Waals surface area contributed by atoms with Crippen molar-refractivity contribution in [2.45, 2.75) is 19.4 Å². The minimum Gasteiger partial charge on any atom is -0.335 e. The van der Waals surface area contributed by atoms with E-state index in [1.165, 1.54) is 12.3 Å². The molecule has 1 N–H and O–H groups in total. The van der Waals surface area contributed by atoms with E-state index < -0.39 is 0 Å². The molecule has 0 bridgehead atoms. The van der Waals surface area contributed by atoms with Crippen molar-refractivity contribution in [3.63, 3.8) is 0 Å². The van der Waals surface area contributed by atoms with Gasteiger partial charge in [0.1, 0.15) is 11.2 Å². The van der Waals surface area contributed by atoms with Gasteiger partial charge in [0.15, 0.2) is 5.65 Å². The fraction of sp³-hybridized carbons (Fsp3) is 0.227. The van der Waals surface area contributed by atoms with Crippen LogP contribution in [0.25, 0.3) is 16.7 Å². The van der Waals surface area contributed by atoms with Gasteiger partial charge in [-0.25, -0.2) is 9.07 Å². The molecule has 6 nitrogen and oxygen atoms in total. The first-order valence-corrected chi connectivity index (χ1v) is 9.66. The maximum atomic E-state index is 14.5. The first kappa shape index (κ1) is 17.6. The average Bonchev–Trinajstić information content (AvgIpc) is 3.33. The van der Waals surface area contributed by atoms with E-state index in [1.807, 2.05) is 41.3 Å². The molecule has 1 aliphatic rings. The van der Waals surface area contributed by atoms with E-state index in [2.05, 4.69) is 17.0 Å². The topological polar surface area (TPSA) is 66.8 Å². The number of aromatic amines is 1. The number of aromatic nitrogens is 4. The Morgan fingerprint density at radius 2 is 1.86 bits per heavy atom. The Kier molecular flexibility index (Phi) is 4.16. The first-order chi connectivity index (χ1) is 14.1. The maximum Gasteiger partial charge on any atom is 0.263 e. The van der Waals surface area contributed by atoms with Gasteiger partial charge in [0.25, 0.3) is 5.56 Å². The number of para-hydroxylation sites is 1. The lowest BCUT2D eigenvalue weighted by atomic mass is 10.0. The molecule has 0 radical (unpaired) electrons. The van der Waals surface area contributed by atoms with E-state index in [1.54, 1.807) is 16.8 Å². The molecule has 0 aliphatic carbocycles. The fourth-order valence-electron chi connectivity index (χ4n) is 4.12. The lowest BCUT2D eigenvalue weighted by Crippen LogP contribution is -2.28. The number of fused-ring (bicyclic) bond motifs is 1. The Morgan fingerprint density at radius 1 is 1.10 bits per heavy atom. The van der Waals surface area contributed by atoms with Crippen molar-refractivity contribution in [3.05, 3.63) is 82.5 Å². The highest BCUT2D eigenvalue weighted by Gasteiger charge is 2.34. The largest absolute Gasteiger partial charge is 0.335 e. The van der Waals surface area contributed by atoms with Crippen LogP contribution in [0.5, 0.6) is 0 Å². The molecule has 146 valence electrons. The molecular formula is C22H20FN5O. The van der Waals surface area contributed by atoms with Gasteiger partial charge in [0, 0.05) is 12.1 Å². The van der Waals surface area contributed by atoms with Crippen LogP contribution in [0.4, 0.5) is 10.3 Å². The van der Waals surface area contributed by atoms with Gasteiger partial charge in [-0.2, -0.15) is 10.1 Å². The second-order valence-electron chi connectivity index (χ2n) is 7.55. The number of nitrogens with zero attached hydrogens (tertiary/aromatic N) is 4. The predicted octanol–water partition coefficient (Wildman–Crippen LogP) is 3.84. The quantitative estimate of drug-likeness (QED) is 0.578. The first-order valence-electron chi connectivity index (χ1n) is 9.66. The molecule has 2 unspecified atom stereocenters. The number of H-pyrrole nitrogens is 1. The van der Waals surface area contributed by atoms with Gasteiger partial charge in [0.05, 0.1) is 17.9 Å². The van der Waals surface area contributed by atoms with Crippen LogP contribution in [-0.2, 0) is 0 Å². The normalized spacial score (nSPS) is 19.2. The number of benzene rings is 2. The monoisotopic (exact) mass is 389 g/mol. The van der Waals surface area contributed by atoms with E-state index in [9.17, 15) is 9.18 Å². The summed E-state index contributed by atoms with van der Waals surface area (Å²) >= 11 is 0. The van der Waals surface area contributed by atoms with Crippen LogP contribution in [0.3, 0.4) is 0 Å². The van der Waals surface area contributed by atoms with Crippen molar-refractivity contribution >= 4 is 17.0 Å². The Balaban J connectivity index is 1.64. The van der Waals surface area contributed by atoms with Crippen LogP contribution in [0.15, 0.2) is 65.6 Å². The zero-order valence-corrected chi connectivity index (χ0v) is 15.9. The predicted molar refractivity (Wildman–Crippen MR) is 110 cm³/mol. The number of hydrogen-bond acceptors (Lipinski definition) is 4. The van der Waals surface area contributed by atoms with E-state index in [0.717, 1.165) is 12.1 Å². The zero-order chi connectivity index (χ0) is 20.0. The van der Waals surface area contributed by atoms with Gasteiger partial charge >= 0.3 is 0 Å². The average molecular weight is 389 g/mol. The van der Waals surface area contributed by atoms with Crippen molar-refractivity contribution < 1.29 is 4.39 Å². The molecule has 0 spiro atoms. The molecule has 2 aromatic heterocycles. The van der Waals surface area contributed by atoms with Crippen molar-refractivity contribution in [2.75, 3.05) is 11.4 Å². The highest BCUT2D eigenvalue weighted by Crippen LogP contribution is 2.38. The number of rotatable bonds is 3. The molecule has 7 heteroatoms. The van der Waals surface area contributed by atoms with Crippen LogP contribution in [-0.4, -0.2) is 26.3 Å². The molecule has 4 aromatic rings. The fourth-order valence-corrected chi connectivity index (χ4v) is 4.12. The maximum absolute atomic E-state index is 14.5. The third-order valence-corrected chi connectivity index (χ3v) is 5.47. The van der Waals surface area contributed by atoms with Crippen LogP contribution >= 0.6 is 0 Å². The zero-order valence-electron chi connectivity index (χ0n) is 15.9. The summed E-state index contributed by atoms with van der Waals surface area (Å²) in [6, 6.07) is 16.2. The summed E-state index contributed by atoms with van der Waals surface area (Å²) in [5, 5.41) is 4.78. The van der Waals surface area contributed by atoms with Crippen molar-refractivity contribution in [1.82, 2.24) is 19.7 Å². The second-order valence-corrected chi connectivity index (χ2v) is 7.55. The van der Waals surface area contributed by atoms with Crippen molar-refractivity contribution in [1.29, 1.82) is 0 Å². The Bertz CT molecular complexity index is 1230. The smallest absolute Gasteiger partial charge is 0.263 e. The molecule has 0 amide bonds. The van der Waals surface area contributed by atoms with Crippen LogP contribution < -0.4 is 10.5 Å². The van der Waals surface area contributed by atoms with Gasteiger partial charge in [0.2, 0.25) is 5.95 Å². The van der Waals surface area contributed by atoms with Gasteiger partial charge in [-0.3, -0.25) is 9.78 Å². The van der Waals surface area contributed by atoms with Gasteiger partial charge in [-0.1, -0.05) is 43.3 Å². The second kappa shape index (κ2) is 6.84. The molecule has 2 atom stereocenters. The molecule has 5 rings (SSSR count). The Hall–Kier alpha value is -3.48. The molecule has 2 aromatic carbocycles. The van der Waals surface area contributed by atoms with Gasteiger partial charge < -0.3 is 4.90 Å². The number of hydrogen-bond donors (Lipinski definition) is 1. The summed E-state index contributed by atoms with van der Waals surface area (Å²) < 4.78 is 16.2. The van der Waals surface area contributed by atoms with Crippen LogP contribution in [0, 0.1) is 11.7 Å². The minimum atomic E-state index is -0.251. The highest BCUT2D eigenvalue weighted by atomic mass is 19.1. The third kappa shape index (κ3) is 2.99. The molecule has 1 aliphatic heterocycles. The minimum absolute atomic E-state index is 0.181. The molecule has 1 fully saturated rings. The standard InChI is InChI=1S/C22H20FN5O/c1-14-11-19(16-9-5-6-10-18(16)23)27(13-14)22-25-20-17(21(29)26-22)12-24-28(20)15-7-3-2-4-8-15/h2-10,12,14,19H,11,13H2,1H3,(H,25,26,29). The summed E-state index contributed by atoms with van der Waals surface area (Å²) in [6.07, 6.45) is 2.32. The summed E-state index contributed by atoms with van der Waals surface area (Å²) in [5.41, 5.74) is 1.68. The van der Waals surface area contributed by atoms with Gasteiger partial charge in [-0.05, 0) is 30.5 Å². The van der Waals surface area contributed by atoms with Crippen LogP contribution in [0.1, 0.15) is 24.9 Å². The van der Waals surface area contributed by atoms with E-state index >= 15 is 0 Å². The SMILES string of the molecule is CC1CC(c2ccccc2F)N(c2nc3c(cnn3-c3ccccc3)c(=O)[nH]2)C1. The van der Waals surface area contributed by atoms with Crippen molar-refractivity contribution in [3.8, 4) is 5.69 Å². The van der Waals surface area contributed by atoms with E-state index in [4.69, 9.17) is 4.98 Å². The van der Waals surface area contributed by atoms with E-state index in [0.29, 0.717) is 35.0 Å². The Morgan fingerprint density at radius 3 is 2.66 bits per heavy atom. The Labute approximate surface area is 166 Å². The summed E-state index contributed by atoms with van der Waals surface area (Å²) in [6.45, 7) is 2.81. The lowest BCUT2D eigenvalue weighted by Gasteiger charge is -2.25. The molecular weight excluding hydrogens is 369 g/mol. The van der Waals surface area contributed by atoms with E-state index in [-0.39, 0.29) is 17.4 Å². The summed E-state index contributed by atoms with van der Waals surface area (Å²) in [7, 11) is 0. The number of halogens is 1. The highest BCUT2D eigenvalue weighted by molar-refractivity contribution is 5.76. The summed E-state index contributed by atoms with van der Waals surface area (Å²) in [4.78, 5) is 22.4. The third-order valence-electron chi connectivity index (χ3n) is 5.47. The molecule has 0 saturated carbocycles. The molecule has 3 heterocycles.